The summed E-state index contributed by atoms with van der Waals surface area (Å²) in [5.41, 5.74) is 0.667. The molecule has 0 aliphatic heterocycles. The fourth-order valence-electron chi connectivity index (χ4n) is 0.442. The molecule has 0 spiro atoms. The van der Waals surface area contributed by atoms with E-state index >= 15 is 0 Å². The van der Waals surface area contributed by atoms with Crippen LogP contribution in [0.3, 0.4) is 0 Å². The lowest BCUT2D eigenvalue weighted by Gasteiger charge is -1.81. The van der Waals surface area contributed by atoms with E-state index in [2.05, 4.69) is 4.98 Å². The molecule has 0 saturated carbocycles. The number of rotatable bonds is 1. The molecule has 0 aliphatic carbocycles. The molecule has 0 radical (unpaired) electrons. The maximum absolute atomic E-state index is 9.98. The Kier molecular flexibility index (Phi) is 5.17. The van der Waals surface area contributed by atoms with Gasteiger partial charge < -0.3 is 5.11 Å². The number of carbonyl (C=O) groups is 2. The fraction of sp³-hybridized carbons (Fsp3) is 0.125. The second-order valence-corrected chi connectivity index (χ2v) is 1.92. The molecule has 1 aromatic heterocycles. The average Bonchev–Trinajstić information content (AvgIpc) is 2.05. The average molecular weight is 167 g/mol. The van der Waals surface area contributed by atoms with Gasteiger partial charge in [0.1, 0.15) is 6.29 Å². The number of aldehydes is 1. The van der Waals surface area contributed by atoms with Crippen molar-refractivity contribution >= 4 is 12.3 Å². The van der Waals surface area contributed by atoms with Gasteiger partial charge in [-0.2, -0.15) is 0 Å². The van der Waals surface area contributed by atoms with Crippen LogP contribution in [0.1, 0.15) is 17.3 Å². The van der Waals surface area contributed by atoms with Crippen LogP contribution in [0.2, 0.25) is 0 Å². The van der Waals surface area contributed by atoms with Crippen LogP contribution in [-0.4, -0.2) is 22.3 Å². The largest absolute Gasteiger partial charge is 0.481 e. The molecule has 4 heteroatoms. The predicted molar refractivity (Wildman–Crippen MR) is 42.9 cm³/mol. The minimum Gasteiger partial charge on any atom is -0.481 e. The summed E-state index contributed by atoms with van der Waals surface area (Å²) in [5, 5.41) is 7.42. The SMILES string of the molecule is CC(=O)O.O=Cc1ccncc1. The van der Waals surface area contributed by atoms with E-state index in [0.717, 1.165) is 13.2 Å². The van der Waals surface area contributed by atoms with Crippen LogP contribution >= 0.6 is 0 Å². The van der Waals surface area contributed by atoms with Gasteiger partial charge in [0.05, 0.1) is 0 Å². The molecule has 1 rings (SSSR count). The summed E-state index contributed by atoms with van der Waals surface area (Å²) in [4.78, 5) is 22.7. The number of hydrogen-bond donors (Lipinski definition) is 1. The number of aromatic nitrogens is 1. The van der Waals surface area contributed by atoms with Crippen LogP contribution in [-0.2, 0) is 4.79 Å². The van der Waals surface area contributed by atoms with Crippen molar-refractivity contribution in [3.63, 3.8) is 0 Å². The molecule has 1 heterocycles. The number of hydrogen-bond acceptors (Lipinski definition) is 3. The standard InChI is InChI=1S/C6H5NO.C2H4O2/c8-5-6-1-3-7-4-2-6;1-2(3)4/h1-5H;1H3,(H,3,4). The Morgan fingerprint density at radius 1 is 1.50 bits per heavy atom. The minimum atomic E-state index is -0.833. The van der Waals surface area contributed by atoms with Gasteiger partial charge in [0.2, 0.25) is 0 Å². The van der Waals surface area contributed by atoms with Gasteiger partial charge in [0, 0.05) is 24.9 Å². The number of carboxylic acids is 1. The molecular weight excluding hydrogens is 158 g/mol. The van der Waals surface area contributed by atoms with Gasteiger partial charge >= 0.3 is 0 Å². The fourth-order valence-corrected chi connectivity index (χ4v) is 0.442. The third-order valence-electron chi connectivity index (χ3n) is 0.842. The van der Waals surface area contributed by atoms with E-state index < -0.39 is 5.97 Å². The first kappa shape index (κ1) is 10.3. The van der Waals surface area contributed by atoms with Gasteiger partial charge in [-0.3, -0.25) is 14.6 Å². The van der Waals surface area contributed by atoms with E-state index in [-0.39, 0.29) is 0 Å². The summed E-state index contributed by atoms with van der Waals surface area (Å²) >= 11 is 0. The van der Waals surface area contributed by atoms with E-state index in [4.69, 9.17) is 9.90 Å². The summed E-state index contributed by atoms with van der Waals surface area (Å²) in [6.45, 7) is 1.08. The maximum Gasteiger partial charge on any atom is 0.300 e. The number of pyridine rings is 1. The monoisotopic (exact) mass is 167 g/mol. The number of carbonyl (C=O) groups excluding carboxylic acids is 1. The van der Waals surface area contributed by atoms with Gasteiger partial charge in [-0.1, -0.05) is 0 Å². The molecule has 0 unspecified atom stereocenters. The van der Waals surface area contributed by atoms with Crippen molar-refractivity contribution in [2.45, 2.75) is 6.92 Å². The minimum absolute atomic E-state index is 0.667. The molecule has 1 aromatic rings. The zero-order valence-electron chi connectivity index (χ0n) is 6.60. The van der Waals surface area contributed by atoms with Gasteiger partial charge in [0.15, 0.2) is 0 Å². The molecule has 0 bridgehead atoms. The molecule has 0 aliphatic rings. The van der Waals surface area contributed by atoms with E-state index in [9.17, 15) is 4.79 Å². The second kappa shape index (κ2) is 6.03. The molecule has 0 fully saturated rings. The van der Waals surface area contributed by atoms with Crippen LogP contribution in [0.25, 0.3) is 0 Å². The van der Waals surface area contributed by atoms with Gasteiger partial charge in [-0.15, -0.1) is 0 Å². The molecule has 0 saturated heterocycles. The van der Waals surface area contributed by atoms with Crippen LogP contribution in [0.15, 0.2) is 24.5 Å². The lowest BCUT2D eigenvalue weighted by molar-refractivity contribution is -0.134. The lowest BCUT2D eigenvalue weighted by atomic mass is 10.3. The first-order chi connectivity index (χ1) is 5.66. The van der Waals surface area contributed by atoms with E-state index in [1.54, 1.807) is 24.5 Å². The maximum atomic E-state index is 9.98. The van der Waals surface area contributed by atoms with E-state index in [0.29, 0.717) is 5.56 Å². The topological polar surface area (TPSA) is 67.3 Å². The molecule has 4 nitrogen and oxygen atoms in total. The van der Waals surface area contributed by atoms with Crippen LogP contribution in [0.4, 0.5) is 0 Å². The Labute approximate surface area is 69.9 Å². The summed E-state index contributed by atoms with van der Waals surface area (Å²) in [7, 11) is 0. The van der Waals surface area contributed by atoms with Crippen molar-refractivity contribution in [3.05, 3.63) is 30.1 Å². The Balaban J connectivity index is 0.000000261. The predicted octanol–water partition coefficient (Wildman–Crippen LogP) is 0.985. The van der Waals surface area contributed by atoms with Gasteiger partial charge in [-0.25, -0.2) is 0 Å². The zero-order chi connectivity index (χ0) is 9.40. The van der Waals surface area contributed by atoms with Crippen molar-refractivity contribution in [2.24, 2.45) is 0 Å². The number of carboxylic acid groups (broad SMARTS) is 1. The molecule has 12 heavy (non-hydrogen) atoms. The Morgan fingerprint density at radius 3 is 2.17 bits per heavy atom. The first-order valence-electron chi connectivity index (χ1n) is 3.21. The van der Waals surface area contributed by atoms with Crippen molar-refractivity contribution in [2.75, 3.05) is 0 Å². The van der Waals surface area contributed by atoms with E-state index in [1.165, 1.54) is 0 Å². The molecular formula is C8H9NO3. The van der Waals surface area contributed by atoms with Crippen LogP contribution in [0.5, 0.6) is 0 Å². The van der Waals surface area contributed by atoms with Crippen LogP contribution < -0.4 is 0 Å². The molecule has 0 amide bonds. The molecule has 0 aromatic carbocycles. The number of nitrogens with zero attached hydrogens (tertiary/aromatic N) is 1. The third kappa shape index (κ3) is 6.41. The van der Waals surface area contributed by atoms with Crippen molar-refractivity contribution in [3.8, 4) is 0 Å². The molecule has 0 atom stereocenters. The lowest BCUT2D eigenvalue weighted by Crippen LogP contribution is -1.78. The first-order valence-corrected chi connectivity index (χ1v) is 3.21. The Morgan fingerprint density at radius 2 is 1.92 bits per heavy atom. The third-order valence-corrected chi connectivity index (χ3v) is 0.842. The Bertz CT molecular complexity index is 242. The highest BCUT2D eigenvalue weighted by Gasteiger charge is 1.80. The van der Waals surface area contributed by atoms with Gasteiger partial charge in [-0.05, 0) is 12.1 Å². The highest BCUT2D eigenvalue weighted by molar-refractivity contribution is 5.73. The smallest absolute Gasteiger partial charge is 0.300 e. The summed E-state index contributed by atoms with van der Waals surface area (Å²) in [5.74, 6) is -0.833. The quantitative estimate of drug-likeness (QED) is 0.633. The zero-order valence-corrected chi connectivity index (χ0v) is 6.60. The van der Waals surface area contributed by atoms with Crippen molar-refractivity contribution in [1.29, 1.82) is 0 Å². The highest BCUT2D eigenvalue weighted by Crippen LogP contribution is 1.88. The van der Waals surface area contributed by atoms with Crippen LogP contribution in [0, 0.1) is 0 Å². The van der Waals surface area contributed by atoms with E-state index in [1.807, 2.05) is 0 Å². The Hall–Kier alpha value is -1.71. The summed E-state index contributed by atoms with van der Waals surface area (Å²) in [6.07, 6.45) is 3.97. The normalized spacial score (nSPS) is 7.75. The summed E-state index contributed by atoms with van der Waals surface area (Å²) < 4.78 is 0. The summed E-state index contributed by atoms with van der Waals surface area (Å²) in [6, 6.07) is 3.32. The molecule has 1 N–H and O–H groups in total. The van der Waals surface area contributed by atoms with Gasteiger partial charge in [0.25, 0.3) is 5.97 Å². The molecule has 64 valence electrons. The highest BCUT2D eigenvalue weighted by atomic mass is 16.4. The number of aliphatic carboxylic acids is 1. The van der Waals surface area contributed by atoms with Crippen molar-refractivity contribution in [1.82, 2.24) is 4.98 Å². The second-order valence-electron chi connectivity index (χ2n) is 1.92. The van der Waals surface area contributed by atoms with Crippen molar-refractivity contribution < 1.29 is 14.7 Å².